The third kappa shape index (κ3) is 6.06. The molecule has 0 atom stereocenters. The minimum Gasteiger partial charge on any atom is -0.444 e. The van der Waals surface area contributed by atoms with Crippen molar-refractivity contribution in [1.29, 1.82) is 5.26 Å². The van der Waals surface area contributed by atoms with E-state index in [1.165, 1.54) is 0 Å². The largest absolute Gasteiger partial charge is 0.444 e. The first-order chi connectivity index (χ1) is 10.2. The molecule has 0 fully saturated rings. The normalized spacial score (nSPS) is 10.9. The summed E-state index contributed by atoms with van der Waals surface area (Å²) < 4.78 is 32.2. The fourth-order valence-corrected chi connectivity index (χ4v) is 1.62. The Morgan fingerprint density at radius 3 is 2.36 bits per heavy atom. The highest BCUT2D eigenvalue weighted by Gasteiger charge is 2.15. The number of nitrogens with zero attached hydrogens (tertiary/aromatic N) is 1. The van der Waals surface area contributed by atoms with Gasteiger partial charge in [0.2, 0.25) is 0 Å². The maximum absolute atomic E-state index is 13.6. The molecule has 22 heavy (non-hydrogen) atoms. The summed E-state index contributed by atoms with van der Waals surface area (Å²) in [5, 5.41) is 13.9. The maximum Gasteiger partial charge on any atom is 0.407 e. The van der Waals surface area contributed by atoms with Gasteiger partial charge in [-0.15, -0.1) is 0 Å². The smallest absolute Gasteiger partial charge is 0.407 e. The number of carbonyl (C=O) groups excluding carboxylic acids is 1. The Labute approximate surface area is 128 Å². The zero-order valence-electron chi connectivity index (χ0n) is 12.8. The van der Waals surface area contributed by atoms with E-state index in [0.29, 0.717) is 6.54 Å². The molecule has 0 saturated heterocycles. The lowest BCUT2D eigenvalue weighted by molar-refractivity contribution is 0.0528. The van der Waals surface area contributed by atoms with Crippen molar-refractivity contribution in [3.63, 3.8) is 0 Å². The van der Waals surface area contributed by atoms with Crippen molar-refractivity contribution in [2.45, 2.75) is 32.9 Å². The fraction of sp³-hybridized carbons (Fsp3) is 0.467. The minimum atomic E-state index is -0.774. The summed E-state index contributed by atoms with van der Waals surface area (Å²) in [6, 6.07) is 3.65. The number of alkyl carbamates (subject to hydrolysis) is 1. The van der Waals surface area contributed by atoms with Crippen molar-refractivity contribution in [1.82, 2.24) is 10.6 Å². The summed E-state index contributed by atoms with van der Waals surface area (Å²) in [7, 11) is 0. The van der Waals surface area contributed by atoms with E-state index >= 15 is 0 Å². The monoisotopic (exact) mass is 311 g/mol. The summed E-state index contributed by atoms with van der Waals surface area (Å²) in [6.07, 6.45) is -0.551. The van der Waals surface area contributed by atoms with Gasteiger partial charge in [0.25, 0.3) is 0 Å². The van der Waals surface area contributed by atoms with Crippen molar-refractivity contribution < 1.29 is 18.3 Å². The van der Waals surface area contributed by atoms with Gasteiger partial charge in [0.1, 0.15) is 17.2 Å². The van der Waals surface area contributed by atoms with Gasteiger partial charge in [-0.1, -0.05) is 0 Å². The molecule has 0 saturated carbocycles. The van der Waals surface area contributed by atoms with Crippen LogP contribution in [0.3, 0.4) is 0 Å². The number of hydrogen-bond acceptors (Lipinski definition) is 4. The molecule has 1 amide bonds. The predicted molar refractivity (Wildman–Crippen MR) is 77.0 cm³/mol. The van der Waals surface area contributed by atoms with E-state index < -0.39 is 23.3 Å². The molecule has 0 aliphatic heterocycles. The molecule has 0 aliphatic carbocycles. The van der Waals surface area contributed by atoms with Crippen LogP contribution in [0.1, 0.15) is 31.9 Å². The molecule has 0 bridgehead atoms. The number of nitrogens with one attached hydrogen (secondary N) is 2. The van der Waals surface area contributed by atoms with Crippen LogP contribution in [0.2, 0.25) is 0 Å². The Hall–Kier alpha value is -2.20. The molecule has 0 radical (unpaired) electrons. The van der Waals surface area contributed by atoms with E-state index in [-0.39, 0.29) is 24.2 Å². The van der Waals surface area contributed by atoms with E-state index in [9.17, 15) is 13.6 Å². The lowest BCUT2D eigenvalue weighted by Crippen LogP contribution is -2.36. The Morgan fingerprint density at radius 2 is 1.86 bits per heavy atom. The molecule has 0 unspecified atom stereocenters. The first-order valence-corrected chi connectivity index (χ1v) is 6.78. The highest BCUT2D eigenvalue weighted by molar-refractivity contribution is 5.67. The molecule has 0 aliphatic rings. The van der Waals surface area contributed by atoms with Crippen LogP contribution in [0.4, 0.5) is 13.6 Å². The Morgan fingerprint density at radius 1 is 1.27 bits per heavy atom. The Kier molecular flexibility index (Phi) is 6.25. The number of hydrogen-bond donors (Lipinski definition) is 2. The molecule has 120 valence electrons. The molecular weight excluding hydrogens is 292 g/mol. The third-order valence-electron chi connectivity index (χ3n) is 2.54. The van der Waals surface area contributed by atoms with Crippen LogP contribution in [0.25, 0.3) is 0 Å². The molecule has 1 rings (SSSR count). The molecule has 0 heterocycles. The van der Waals surface area contributed by atoms with Gasteiger partial charge in [-0.3, -0.25) is 0 Å². The van der Waals surface area contributed by atoms with Crippen molar-refractivity contribution in [3.8, 4) is 6.07 Å². The summed E-state index contributed by atoms with van der Waals surface area (Å²) in [5.74, 6) is -1.55. The molecule has 5 nitrogen and oxygen atoms in total. The van der Waals surface area contributed by atoms with Crippen LogP contribution in [0.15, 0.2) is 12.1 Å². The maximum atomic E-state index is 13.6. The molecule has 2 N–H and O–H groups in total. The second-order valence-corrected chi connectivity index (χ2v) is 5.64. The van der Waals surface area contributed by atoms with E-state index in [0.717, 1.165) is 12.1 Å². The van der Waals surface area contributed by atoms with E-state index in [2.05, 4.69) is 10.6 Å². The zero-order valence-corrected chi connectivity index (χ0v) is 12.8. The van der Waals surface area contributed by atoms with Gasteiger partial charge in [-0.2, -0.15) is 5.26 Å². The van der Waals surface area contributed by atoms with Crippen molar-refractivity contribution >= 4 is 6.09 Å². The number of ether oxygens (including phenoxy) is 1. The second-order valence-electron chi connectivity index (χ2n) is 5.64. The number of halogens is 2. The summed E-state index contributed by atoms with van der Waals surface area (Å²) in [6.45, 7) is 5.79. The van der Waals surface area contributed by atoms with Crippen LogP contribution >= 0.6 is 0 Å². The summed E-state index contributed by atoms with van der Waals surface area (Å²) in [5.41, 5.74) is -0.784. The molecule has 1 aromatic rings. The Balaban J connectivity index is 2.37. The molecule has 0 aromatic heterocycles. The van der Waals surface area contributed by atoms with Crippen LogP contribution in [0.5, 0.6) is 0 Å². The number of carbonyl (C=O) groups is 1. The first kappa shape index (κ1) is 17.9. The molecule has 7 heteroatoms. The van der Waals surface area contributed by atoms with Gasteiger partial charge in [-0.25, -0.2) is 13.6 Å². The van der Waals surface area contributed by atoms with Gasteiger partial charge in [-0.05, 0) is 32.9 Å². The van der Waals surface area contributed by atoms with Crippen LogP contribution in [0, 0.1) is 23.0 Å². The lowest BCUT2D eigenvalue weighted by Gasteiger charge is -2.19. The number of amides is 1. The fourth-order valence-electron chi connectivity index (χ4n) is 1.62. The Bertz CT molecular complexity index is 554. The zero-order chi connectivity index (χ0) is 16.8. The highest BCUT2D eigenvalue weighted by Crippen LogP contribution is 2.14. The average Bonchev–Trinajstić information content (AvgIpc) is 2.38. The average molecular weight is 311 g/mol. The van der Waals surface area contributed by atoms with Crippen LogP contribution in [-0.4, -0.2) is 24.8 Å². The molecule has 0 spiro atoms. The van der Waals surface area contributed by atoms with Crippen molar-refractivity contribution in [2.75, 3.05) is 13.1 Å². The van der Waals surface area contributed by atoms with Gasteiger partial charge < -0.3 is 15.4 Å². The quantitative estimate of drug-likeness (QED) is 0.819. The first-order valence-electron chi connectivity index (χ1n) is 6.78. The summed E-state index contributed by atoms with van der Waals surface area (Å²) >= 11 is 0. The van der Waals surface area contributed by atoms with Crippen molar-refractivity contribution in [2.24, 2.45) is 0 Å². The second kappa shape index (κ2) is 7.71. The third-order valence-corrected chi connectivity index (χ3v) is 2.54. The summed E-state index contributed by atoms with van der Waals surface area (Å²) in [4.78, 5) is 11.4. The SMILES string of the molecule is CC(C)(C)OC(=O)NCCNCc1c(F)cc(C#N)cc1F. The van der Waals surface area contributed by atoms with Gasteiger partial charge >= 0.3 is 6.09 Å². The van der Waals surface area contributed by atoms with Gasteiger partial charge in [0, 0.05) is 25.2 Å². The lowest BCUT2D eigenvalue weighted by atomic mass is 10.1. The standard InChI is InChI=1S/C15H19F2N3O2/c1-15(2,3)22-14(21)20-5-4-19-9-11-12(16)6-10(8-18)7-13(11)17/h6-7,19H,4-5,9H2,1-3H3,(H,20,21). The number of rotatable bonds is 5. The van der Waals surface area contributed by atoms with Gasteiger partial charge in [0.05, 0.1) is 11.6 Å². The topological polar surface area (TPSA) is 74.2 Å². The predicted octanol–water partition coefficient (Wildman–Crippen LogP) is 2.45. The number of benzene rings is 1. The molecular formula is C15H19F2N3O2. The van der Waals surface area contributed by atoms with E-state index in [1.807, 2.05) is 0 Å². The minimum absolute atomic E-state index is 0.0423. The van der Waals surface area contributed by atoms with E-state index in [1.54, 1.807) is 26.8 Å². The molecule has 1 aromatic carbocycles. The van der Waals surface area contributed by atoms with Crippen molar-refractivity contribution in [3.05, 3.63) is 34.9 Å². The highest BCUT2D eigenvalue weighted by atomic mass is 19.1. The van der Waals surface area contributed by atoms with E-state index in [4.69, 9.17) is 10.00 Å². The van der Waals surface area contributed by atoms with Gasteiger partial charge in [0.15, 0.2) is 0 Å². The van der Waals surface area contributed by atoms with Crippen LogP contribution in [-0.2, 0) is 11.3 Å². The number of nitriles is 1. The van der Waals surface area contributed by atoms with Crippen LogP contribution < -0.4 is 10.6 Å².